The second kappa shape index (κ2) is 6.36. The molecule has 0 heterocycles. The average molecular weight is 256 g/mol. The van der Waals surface area contributed by atoms with E-state index in [1.807, 2.05) is 0 Å². The second-order valence-corrected chi connectivity index (χ2v) is 6.42. The Balaban J connectivity index is 2.99. The highest BCUT2D eigenvalue weighted by atomic mass is 16.5. The Morgan fingerprint density at radius 2 is 2.00 bits per heavy atom. The molecular formula is C15H32N2O. The van der Waals surface area contributed by atoms with Gasteiger partial charge >= 0.3 is 0 Å². The molecule has 1 aliphatic rings. The summed E-state index contributed by atoms with van der Waals surface area (Å²) in [7, 11) is 1.78. The van der Waals surface area contributed by atoms with Gasteiger partial charge in [0.1, 0.15) is 0 Å². The second-order valence-electron chi connectivity index (χ2n) is 6.42. The lowest BCUT2D eigenvalue weighted by molar-refractivity contribution is -0.0290. The molecule has 0 saturated heterocycles. The van der Waals surface area contributed by atoms with Gasteiger partial charge in [-0.25, -0.2) is 0 Å². The molecule has 1 aliphatic carbocycles. The van der Waals surface area contributed by atoms with Crippen molar-refractivity contribution in [1.82, 2.24) is 4.90 Å². The fourth-order valence-corrected chi connectivity index (χ4v) is 3.69. The van der Waals surface area contributed by atoms with E-state index in [0.29, 0.717) is 11.5 Å². The SMILES string of the molecule is CCC(C)N(CCOC)C1(CN)CCCC1(C)C. The van der Waals surface area contributed by atoms with Crippen LogP contribution in [0.1, 0.15) is 53.4 Å². The van der Waals surface area contributed by atoms with Crippen LogP contribution in [0.25, 0.3) is 0 Å². The van der Waals surface area contributed by atoms with Gasteiger partial charge in [-0.3, -0.25) is 4.90 Å². The van der Waals surface area contributed by atoms with E-state index in [9.17, 15) is 0 Å². The van der Waals surface area contributed by atoms with Crippen LogP contribution in [0.15, 0.2) is 0 Å². The maximum absolute atomic E-state index is 6.23. The highest BCUT2D eigenvalue weighted by Crippen LogP contribution is 2.49. The van der Waals surface area contributed by atoms with Gasteiger partial charge in [-0.1, -0.05) is 27.2 Å². The highest BCUT2D eigenvalue weighted by molar-refractivity contribution is 5.08. The van der Waals surface area contributed by atoms with Gasteiger partial charge in [-0.15, -0.1) is 0 Å². The molecule has 0 aromatic carbocycles. The maximum Gasteiger partial charge on any atom is 0.0590 e. The quantitative estimate of drug-likeness (QED) is 0.761. The van der Waals surface area contributed by atoms with Gasteiger partial charge in [0.05, 0.1) is 6.61 Å². The summed E-state index contributed by atoms with van der Waals surface area (Å²) in [4.78, 5) is 2.63. The number of nitrogens with two attached hydrogens (primary N) is 1. The standard InChI is InChI=1S/C15H32N2O/c1-6-13(2)17(10-11-18-5)15(12-16)9-7-8-14(15,3)4/h13H,6-12,16H2,1-5H3. The Morgan fingerprint density at radius 3 is 2.39 bits per heavy atom. The number of methoxy groups -OCH3 is 1. The molecule has 2 atom stereocenters. The molecule has 18 heavy (non-hydrogen) atoms. The Hall–Kier alpha value is -0.120. The molecule has 0 aromatic heterocycles. The minimum atomic E-state index is 0.154. The molecule has 108 valence electrons. The smallest absolute Gasteiger partial charge is 0.0590 e. The van der Waals surface area contributed by atoms with Crippen LogP contribution in [0.4, 0.5) is 0 Å². The Labute approximate surface area is 113 Å². The topological polar surface area (TPSA) is 38.5 Å². The van der Waals surface area contributed by atoms with Crippen LogP contribution in [0.5, 0.6) is 0 Å². The minimum Gasteiger partial charge on any atom is -0.383 e. The lowest BCUT2D eigenvalue weighted by Crippen LogP contribution is -2.63. The van der Waals surface area contributed by atoms with Crippen molar-refractivity contribution in [3.63, 3.8) is 0 Å². The molecule has 1 saturated carbocycles. The van der Waals surface area contributed by atoms with Crippen molar-refractivity contribution in [2.45, 2.75) is 65.0 Å². The third kappa shape index (κ3) is 2.73. The van der Waals surface area contributed by atoms with Crippen LogP contribution in [0, 0.1) is 5.41 Å². The van der Waals surface area contributed by atoms with Gasteiger partial charge in [0.2, 0.25) is 0 Å². The fraction of sp³-hybridized carbons (Fsp3) is 1.00. The zero-order valence-corrected chi connectivity index (χ0v) is 13.0. The first kappa shape index (κ1) is 15.9. The van der Waals surface area contributed by atoms with E-state index in [4.69, 9.17) is 10.5 Å². The Kier molecular flexibility index (Phi) is 5.63. The summed E-state index contributed by atoms with van der Waals surface area (Å²) in [6.45, 7) is 11.9. The molecule has 0 aliphatic heterocycles. The zero-order valence-electron chi connectivity index (χ0n) is 13.0. The molecule has 2 N–H and O–H groups in total. The van der Waals surface area contributed by atoms with Crippen molar-refractivity contribution in [1.29, 1.82) is 0 Å². The van der Waals surface area contributed by atoms with Crippen molar-refractivity contribution in [3.05, 3.63) is 0 Å². The van der Waals surface area contributed by atoms with Gasteiger partial charge in [0.15, 0.2) is 0 Å². The van der Waals surface area contributed by atoms with Crippen molar-refractivity contribution in [2.24, 2.45) is 11.1 Å². The van der Waals surface area contributed by atoms with E-state index < -0.39 is 0 Å². The van der Waals surface area contributed by atoms with E-state index in [0.717, 1.165) is 19.7 Å². The maximum atomic E-state index is 6.23. The summed E-state index contributed by atoms with van der Waals surface area (Å²) in [6, 6.07) is 0.570. The summed E-state index contributed by atoms with van der Waals surface area (Å²) in [5.74, 6) is 0. The van der Waals surface area contributed by atoms with Crippen LogP contribution in [-0.4, -0.2) is 43.3 Å². The van der Waals surface area contributed by atoms with Crippen LogP contribution in [0.3, 0.4) is 0 Å². The van der Waals surface area contributed by atoms with Gasteiger partial charge in [0, 0.05) is 31.8 Å². The van der Waals surface area contributed by atoms with Crippen molar-refractivity contribution in [3.8, 4) is 0 Å². The monoisotopic (exact) mass is 256 g/mol. The molecule has 3 nitrogen and oxygen atoms in total. The van der Waals surface area contributed by atoms with Crippen LogP contribution in [-0.2, 0) is 4.74 Å². The van der Waals surface area contributed by atoms with Gasteiger partial charge < -0.3 is 10.5 Å². The lowest BCUT2D eigenvalue weighted by Gasteiger charge is -2.52. The number of rotatable bonds is 7. The normalized spacial score (nSPS) is 28.8. The summed E-state index contributed by atoms with van der Waals surface area (Å²) >= 11 is 0. The first-order valence-electron chi connectivity index (χ1n) is 7.41. The molecule has 0 spiro atoms. The largest absolute Gasteiger partial charge is 0.383 e. The molecular weight excluding hydrogens is 224 g/mol. The van der Waals surface area contributed by atoms with Gasteiger partial charge in [-0.2, -0.15) is 0 Å². The van der Waals surface area contributed by atoms with Crippen LogP contribution < -0.4 is 5.73 Å². The van der Waals surface area contributed by atoms with E-state index >= 15 is 0 Å². The molecule has 0 radical (unpaired) electrons. The lowest BCUT2D eigenvalue weighted by atomic mass is 9.73. The van der Waals surface area contributed by atoms with Crippen LogP contribution in [0.2, 0.25) is 0 Å². The minimum absolute atomic E-state index is 0.154. The third-order valence-corrected chi connectivity index (χ3v) is 5.20. The number of hydrogen-bond acceptors (Lipinski definition) is 3. The number of nitrogens with zero attached hydrogens (tertiary/aromatic N) is 1. The summed E-state index contributed by atoms with van der Waals surface area (Å²) < 4.78 is 5.30. The van der Waals surface area contributed by atoms with Crippen molar-refractivity contribution in [2.75, 3.05) is 26.8 Å². The molecule has 2 unspecified atom stereocenters. The van der Waals surface area contributed by atoms with E-state index in [2.05, 4.69) is 32.6 Å². The van der Waals surface area contributed by atoms with Gasteiger partial charge in [-0.05, 0) is 31.6 Å². The van der Waals surface area contributed by atoms with E-state index in [-0.39, 0.29) is 5.54 Å². The van der Waals surface area contributed by atoms with Gasteiger partial charge in [0.25, 0.3) is 0 Å². The average Bonchev–Trinajstić information content (AvgIpc) is 2.65. The molecule has 0 amide bonds. The Bertz CT molecular complexity index is 255. The molecule has 0 aromatic rings. The number of ether oxygens (including phenoxy) is 1. The fourth-order valence-electron chi connectivity index (χ4n) is 3.69. The molecule has 1 rings (SSSR count). The van der Waals surface area contributed by atoms with E-state index in [1.165, 1.54) is 25.7 Å². The third-order valence-electron chi connectivity index (χ3n) is 5.20. The van der Waals surface area contributed by atoms with Crippen LogP contribution >= 0.6 is 0 Å². The summed E-state index contributed by atoms with van der Waals surface area (Å²) in [6.07, 6.45) is 4.97. The zero-order chi connectivity index (χ0) is 13.8. The van der Waals surface area contributed by atoms with Crippen molar-refractivity contribution < 1.29 is 4.74 Å². The molecule has 3 heteroatoms. The Morgan fingerprint density at radius 1 is 1.33 bits per heavy atom. The first-order chi connectivity index (χ1) is 8.45. The molecule has 0 bridgehead atoms. The predicted octanol–water partition coefficient (Wildman–Crippen LogP) is 2.64. The molecule has 1 fully saturated rings. The number of hydrogen-bond donors (Lipinski definition) is 1. The van der Waals surface area contributed by atoms with E-state index in [1.54, 1.807) is 7.11 Å². The highest BCUT2D eigenvalue weighted by Gasteiger charge is 2.52. The predicted molar refractivity (Wildman–Crippen MR) is 77.8 cm³/mol. The summed E-state index contributed by atoms with van der Waals surface area (Å²) in [5.41, 5.74) is 6.69. The summed E-state index contributed by atoms with van der Waals surface area (Å²) in [5, 5.41) is 0. The van der Waals surface area contributed by atoms with Crippen molar-refractivity contribution >= 4 is 0 Å². The first-order valence-corrected chi connectivity index (χ1v) is 7.41.